The van der Waals surface area contributed by atoms with Crippen LogP contribution in [0.4, 0.5) is 5.69 Å². The van der Waals surface area contributed by atoms with E-state index in [0.29, 0.717) is 17.9 Å². The number of carbonyl (C=O) groups excluding carboxylic acids is 1. The van der Waals surface area contributed by atoms with Gasteiger partial charge in [0.1, 0.15) is 5.37 Å². The molecule has 1 aliphatic heterocycles. The number of carbonyl (C=O) groups is 1. The Morgan fingerprint density at radius 2 is 2.19 bits per heavy atom. The highest BCUT2D eigenvalue weighted by molar-refractivity contribution is 8.00. The zero-order valence-corrected chi connectivity index (χ0v) is 13.6. The first-order valence-corrected chi connectivity index (χ1v) is 9.60. The summed E-state index contributed by atoms with van der Waals surface area (Å²) < 4.78 is 23.7. The van der Waals surface area contributed by atoms with Crippen LogP contribution in [-0.4, -0.2) is 48.9 Å². The number of nitrogens with zero attached hydrogens (tertiary/aromatic N) is 1. The van der Waals surface area contributed by atoms with Crippen molar-refractivity contribution in [3.63, 3.8) is 0 Å². The molecule has 0 saturated carbocycles. The molecule has 0 bridgehead atoms. The van der Waals surface area contributed by atoms with Crippen LogP contribution in [0.1, 0.15) is 15.9 Å². The monoisotopic (exact) mass is 329 g/mol. The van der Waals surface area contributed by atoms with E-state index in [1.165, 1.54) is 11.2 Å². The Morgan fingerprint density at radius 3 is 2.76 bits per heavy atom. The Bertz CT molecular complexity index is 646. The molecule has 116 valence electrons. The molecule has 1 aliphatic rings. The molecular weight excluding hydrogens is 310 g/mol. The van der Waals surface area contributed by atoms with Gasteiger partial charge in [-0.1, -0.05) is 0 Å². The molecule has 8 heteroatoms. The number of amides is 1. The zero-order valence-electron chi connectivity index (χ0n) is 12.0. The highest BCUT2D eigenvalue weighted by atomic mass is 32.2. The summed E-state index contributed by atoms with van der Waals surface area (Å²) in [4.78, 5) is 14.1. The number of sulfone groups is 1. The van der Waals surface area contributed by atoms with Gasteiger partial charge in [0.25, 0.3) is 5.91 Å². The Balaban J connectivity index is 2.31. The second-order valence-corrected chi connectivity index (χ2v) is 8.38. The number of thioether (sulfide) groups is 1. The number of hydrogen-bond acceptors (Lipinski definition) is 6. The van der Waals surface area contributed by atoms with Gasteiger partial charge in [-0.05, 0) is 30.7 Å². The Kier molecular flexibility index (Phi) is 4.80. The summed E-state index contributed by atoms with van der Waals surface area (Å²) in [6.45, 7) is 2.28. The molecule has 1 amide bonds. The van der Waals surface area contributed by atoms with E-state index in [1.807, 2.05) is 6.92 Å². The van der Waals surface area contributed by atoms with Gasteiger partial charge in [0, 0.05) is 29.9 Å². The summed E-state index contributed by atoms with van der Waals surface area (Å²) in [6, 6.07) is 5.10. The van der Waals surface area contributed by atoms with Crippen molar-refractivity contribution in [3.8, 4) is 0 Å². The van der Waals surface area contributed by atoms with Gasteiger partial charge >= 0.3 is 0 Å². The number of rotatable bonds is 3. The number of benzene rings is 1. The van der Waals surface area contributed by atoms with Gasteiger partial charge in [-0.25, -0.2) is 8.42 Å². The molecule has 2 rings (SSSR count). The summed E-state index contributed by atoms with van der Waals surface area (Å²) in [5.41, 5.74) is 4.60. The molecule has 0 spiro atoms. The van der Waals surface area contributed by atoms with Crippen LogP contribution in [-0.2, 0) is 9.84 Å². The second kappa shape index (κ2) is 6.25. The van der Waals surface area contributed by atoms with Crippen molar-refractivity contribution in [1.29, 1.82) is 0 Å². The fourth-order valence-electron chi connectivity index (χ4n) is 2.29. The second-order valence-electron chi connectivity index (χ2n) is 5.03. The molecule has 1 unspecified atom stereocenters. The van der Waals surface area contributed by atoms with Crippen molar-refractivity contribution >= 4 is 33.2 Å². The first kappa shape index (κ1) is 16.1. The lowest BCUT2D eigenvalue weighted by Gasteiger charge is -2.34. The fraction of sp³-hybridized carbons (Fsp3) is 0.462. The van der Waals surface area contributed by atoms with E-state index in [1.54, 1.807) is 30.0 Å². The van der Waals surface area contributed by atoms with Crippen molar-refractivity contribution in [1.82, 2.24) is 4.90 Å². The summed E-state index contributed by atoms with van der Waals surface area (Å²) in [7, 11) is -3.30. The number of anilines is 1. The molecule has 1 aromatic carbocycles. The number of nitrogens with one attached hydrogen (secondary N) is 1. The van der Waals surface area contributed by atoms with E-state index in [9.17, 15) is 13.2 Å². The van der Waals surface area contributed by atoms with E-state index in [-0.39, 0.29) is 5.91 Å². The number of hydrazine groups is 1. The maximum absolute atomic E-state index is 12.6. The number of nitrogen functional groups attached to an aromatic ring is 1. The van der Waals surface area contributed by atoms with Gasteiger partial charge in [-0.15, -0.1) is 0 Å². The van der Waals surface area contributed by atoms with Crippen LogP contribution in [0.5, 0.6) is 0 Å². The van der Waals surface area contributed by atoms with E-state index < -0.39 is 15.2 Å². The lowest BCUT2D eigenvalue weighted by atomic mass is 10.1. The molecular formula is C13H19N3O3S2. The van der Waals surface area contributed by atoms with Crippen molar-refractivity contribution in [3.05, 3.63) is 29.3 Å². The molecule has 1 atom stereocenters. The fourth-order valence-corrected chi connectivity index (χ4v) is 5.11. The van der Waals surface area contributed by atoms with Crippen LogP contribution in [0.2, 0.25) is 0 Å². The first-order valence-electron chi connectivity index (χ1n) is 6.49. The van der Waals surface area contributed by atoms with Crippen LogP contribution in [0.25, 0.3) is 0 Å². The number of hydrogen-bond donors (Lipinski definition) is 2. The minimum Gasteiger partial charge on any atom is -0.324 e. The molecule has 0 aliphatic carbocycles. The average molecular weight is 329 g/mol. The van der Waals surface area contributed by atoms with Crippen molar-refractivity contribution in [2.75, 3.05) is 29.7 Å². The van der Waals surface area contributed by atoms with Gasteiger partial charge in [-0.3, -0.25) is 10.6 Å². The Morgan fingerprint density at radius 1 is 1.48 bits per heavy atom. The van der Waals surface area contributed by atoms with Gasteiger partial charge in [0.15, 0.2) is 9.84 Å². The molecule has 0 radical (unpaired) electrons. The smallest absolute Gasteiger partial charge is 0.254 e. The molecule has 1 heterocycles. The predicted octanol–water partition coefficient (Wildman–Crippen LogP) is 0.840. The maximum Gasteiger partial charge on any atom is 0.254 e. The molecule has 1 fully saturated rings. The summed E-state index contributed by atoms with van der Waals surface area (Å²) >= 11 is 1.56. The minimum absolute atomic E-state index is 0.252. The third kappa shape index (κ3) is 3.50. The molecule has 1 saturated heterocycles. The van der Waals surface area contributed by atoms with Crippen molar-refractivity contribution in [2.24, 2.45) is 5.84 Å². The van der Waals surface area contributed by atoms with Crippen LogP contribution < -0.4 is 11.3 Å². The first-order chi connectivity index (χ1) is 9.84. The van der Waals surface area contributed by atoms with Crippen LogP contribution in [0, 0.1) is 6.92 Å². The van der Waals surface area contributed by atoms with Gasteiger partial charge < -0.3 is 10.3 Å². The maximum atomic E-state index is 12.6. The third-order valence-electron chi connectivity index (χ3n) is 3.47. The predicted molar refractivity (Wildman–Crippen MR) is 86.0 cm³/mol. The molecule has 3 N–H and O–H groups in total. The SMILES string of the molecule is Cc1cc(C(=O)N2CCSCC2S(C)(=O)=O)ccc1NN. The lowest BCUT2D eigenvalue weighted by molar-refractivity contribution is 0.0749. The van der Waals surface area contributed by atoms with Gasteiger partial charge in [0.05, 0.1) is 5.69 Å². The lowest BCUT2D eigenvalue weighted by Crippen LogP contribution is -2.49. The van der Waals surface area contributed by atoms with E-state index in [2.05, 4.69) is 5.43 Å². The summed E-state index contributed by atoms with van der Waals surface area (Å²) in [5.74, 6) is 6.29. The Labute approximate surface area is 129 Å². The highest BCUT2D eigenvalue weighted by Crippen LogP contribution is 2.24. The largest absolute Gasteiger partial charge is 0.324 e. The Hall–Kier alpha value is -1.25. The van der Waals surface area contributed by atoms with Crippen molar-refractivity contribution in [2.45, 2.75) is 12.3 Å². The molecule has 1 aromatic rings. The van der Waals surface area contributed by atoms with E-state index in [0.717, 1.165) is 17.0 Å². The minimum atomic E-state index is -3.30. The summed E-state index contributed by atoms with van der Waals surface area (Å²) in [6.07, 6.45) is 1.18. The van der Waals surface area contributed by atoms with Crippen LogP contribution in [0.15, 0.2) is 18.2 Å². The quantitative estimate of drug-likeness (QED) is 0.631. The summed E-state index contributed by atoms with van der Waals surface area (Å²) in [5, 5.41) is -0.753. The average Bonchev–Trinajstić information content (AvgIpc) is 2.45. The zero-order chi connectivity index (χ0) is 15.6. The van der Waals surface area contributed by atoms with E-state index >= 15 is 0 Å². The standard InChI is InChI=1S/C13H19N3O3S2/c1-9-7-10(3-4-11(9)15-14)13(17)16-5-6-20-8-12(16)21(2,18)19/h3-4,7,12,15H,5-6,8,14H2,1-2H3. The molecule has 0 aromatic heterocycles. The molecule has 21 heavy (non-hydrogen) atoms. The number of aryl methyl sites for hydroxylation is 1. The number of nitrogens with two attached hydrogens (primary N) is 1. The van der Waals surface area contributed by atoms with E-state index in [4.69, 9.17) is 5.84 Å². The van der Waals surface area contributed by atoms with Crippen molar-refractivity contribution < 1.29 is 13.2 Å². The van der Waals surface area contributed by atoms with Gasteiger partial charge in [0.2, 0.25) is 0 Å². The van der Waals surface area contributed by atoms with Crippen LogP contribution in [0.3, 0.4) is 0 Å². The van der Waals surface area contributed by atoms with Crippen LogP contribution >= 0.6 is 11.8 Å². The normalized spacial score (nSPS) is 19.4. The topological polar surface area (TPSA) is 92.5 Å². The van der Waals surface area contributed by atoms with Gasteiger partial charge in [-0.2, -0.15) is 11.8 Å². The third-order valence-corrected chi connectivity index (χ3v) is 6.11. The highest BCUT2D eigenvalue weighted by Gasteiger charge is 2.34. The molecule has 6 nitrogen and oxygen atoms in total.